The number of aryl methyl sites for hydroxylation is 2. The standard InChI is InChI=1S/C15H27N3/c1-12-7-6-8-13(2)15(12)14(11-16)18(5)10-9-17(3)4/h6-8,14H,9-11,16H2,1-5H3. The number of likely N-dealkylation sites (N-methyl/N-ethyl adjacent to an activating group) is 2. The maximum Gasteiger partial charge on any atom is 0.0473 e. The van der Waals surface area contributed by atoms with Crippen molar-refractivity contribution in [2.75, 3.05) is 40.8 Å². The van der Waals surface area contributed by atoms with Crippen LogP contribution in [0.3, 0.4) is 0 Å². The number of hydrogen-bond acceptors (Lipinski definition) is 3. The van der Waals surface area contributed by atoms with E-state index in [0.29, 0.717) is 12.6 Å². The van der Waals surface area contributed by atoms with Crippen molar-refractivity contribution in [2.45, 2.75) is 19.9 Å². The molecule has 0 spiro atoms. The molecule has 0 aliphatic rings. The van der Waals surface area contributed by atoms with Gasteiger partial charge < -0.3 is 10.6 Å². The number of rotatable bonds is 6. The molecule has 0 radical (unpaired) electrons. The van der Waals surface area contributed by atoms with Crippen molar-refractivity contribution in [2.24, 2.45) is 5.73 Å². The number of nitrogens with zero attached hydrogens (tertiary/aromatic N) is 2. The van der Waals surface area contributed by atoms with Crippen LogP contribution in [-0.2, 0) is 0 Å². The molecule has 0 bridgehead atoms. The van der Waals surface area contributed by atoms with Crippen molar-refractivity contribution in [3.05, 3.63) is 34.9 Å². The summed E-state index contributed by atoms with van der Waals surface area (Å²) in [4.78, 5) is 4.56. The van der Waals surface area contributed by atoms with E-state index in [-0.39, 0.29) is 0 Å². The van der Waals surface area contributed by atoms with E-state index in [1.54, 1.807) is 0 Å². The molecule has 0 saturated carbocycles. The molecule has 18 heavy (non-hydrogen) atoms. The number of hydrogen-bond donors (Lipinski definition) is 1. The third-order valence-electron chi connectivity index (χ3n) is 3.53. The van der Waals surface area contributed by atoms with Crippen LogP contribution in [0.25, 0.3) is 0 Å². The average molecular weight is 249 g/mol. The molecule has 1 atom stereocenters. The van der Waals surface area contributed by atoms with Crippen LogP contribution >= 0.6 is 0 Å². The fourth-order valence-electron chi connectivity index (χ4n) is 2.38. The van der Waals surface area contributed by atoms with Gasteiger partial charge in [0.1, 0.15) is 0 Å². The molecule has 1 rings (SSSR count). The smallest absolute Gasteiger partial charge is 0.0473 e. The third kappa shape index (κ3) is 3.80. The van der Waals surface area contributed by atoms with Crippen LogP contribution in [0.15, 0.2) is 18.2 Å². The molecule has 0 fully saturated rings. The van der Waals surface area contributed by atoms with E-state index in [4.69, 9.17) is 5.73 Å². The lowest BCUT2D eigenvalue weighted by atomic mass is 9.95. The van der Waals surface area contributed by atoms with Crippen LogP contribution in [0.2, 0.25) is 0 Å². The molecule has 1 aromatic rings. The molecule has 0 aliphatic heterocycles. The van der Waals surface area contributed by atoms with Crippen LogP contribution in [0.5, 0.6) is 0 Å². The number of benzene rings is 1. The lowest BCUT2D eigenvalue weighted by Crippen LogP contribution is -2.36. The topological polar surface area (TPSA) is 32.5 Å². The molecule has 1 aromatic carbocycles. The minimum atomic E-state index is 0.311. The van der Waals surface area contributed by atoms with Gasteiger partial charge in [-0.05, 0) is 51.7 Å². The van der Waals surface area contributed by atoms with Gasteiger partial charge >= 0.3 is 0 Å². The monoisotopic (exact) mass is 249 g/mol. The van der Waals surface area contributed by atoms with Gasteiger partial charge in [0.15, 0.2) is 0 Å². The maximum atomic E-state index is 5.99. The summed E-state index contributed by atoms with van der Waals surface area (Å²) in [5.74, 6) is 0. The summed E-state index contributed by atoms with van der Waals surface area (Å²) in [6.45, 7) is 7.09. The minimum absolute atomic E-state index is 0.311. The molecular formula is C15H27N3. The molecule has 102 valence electrons. The Morgan fingerprint density at radius 1 is 1.06 bits per heavy atom. The summed E-state index contributed by atoms with van der Waals surface area (Å²) in [5.41, 5.74) is 10.1. The van der Waals surface area contributed by atoms with Gasteiger partial charge in [-0.2, -0.15) is 0 Å². The van der Waals surface area contributed by atoms with Crippen molar-refractivity contribution >= 4 is 0 Å². The highest BCUT2D eigenvalue weighted by Gasteiger charge is 2.18. The van der Waals surface area contributed by atoms with E-state index >= 15 is 0 Å². The zero-order valence-electron chi connectivity index (χ0n) is 12.4. The van der Waals surface area contributed by atoms with E-state index in [0.717, 1.165) is 13.1 Å². The SMILES string of the molecule is Cc1cccc(C)c1C(CN)N(C)CCN(C)C. The Balaban J connectivity index is 2.88. The van der Waals surface area contributed by atoms with Gasteiger partial charge in [-0.25, -0.2) is 0 Å². The second-order valence-corrected chi connectivity index (χ2v) is 5.34. The van der Waals surface area contributed by atoms with Gasteiger partial charge in [0, 0.05) is 25.7 Å². The largest absolute Gasteiger partial charge is 0.329 e. The van der Waals surface area contributed by atoms with Gasteiger partial charge in [0.25, 0.3) is 0 Å². The minimum Gasteiger partial charge on any atom is -0.329 e. The first-order valence-electron chi connectivity index (χ1n) is 6.58. The molecule has 1 unspecified atom stereocenters. The molecule has 0 heterocycles. The first-order chi connectivity index (χ1) is 8.47. The van der Waals surface area contributed by atoms with Crippen LogP contribution in [0, 0.1) is 13.8 Å². The summed E-state index contributed by atoms with van der Waals surface area (Å²) in [6, 6.07) is 6.77. The lowest BCUT2D eigenvalue weighted by Gasteiger charge is -2.30. The van der Waals surface area contributed by atoms with Gasteiger partial charge in [0.05, 0.1) is 0 Å². The molecule has 0 aliphatic carbocycles. The highest BCUT2D eigenvalue weighted by molar-refractivity contribution is 5.36. The van der Waals surface area contributed by atoms with Crippen molar-refractivity contribution in [1.29, 1.82) is 0 Å². The van der Waals surface area contributed by atoms with E-state index < -0.39 is 0 Å². The zero-order chi connectivity index (χ0) is 13.7. The third-order valence-corrected chi connectivity index (χ3v) is 3.53. The Bertz CT molecular complexity index is 354. The number of nitrogens with two attached hydrogens (primary N) is 1. The van der Waals surface area contributed by atoms with Gasteiger partial charge in [-0.15, -0.1) is 0 Å². The Morgan fingerprint density at radius 3 is 2.06 bits per heavy atom. The van der Waals surface area contributed by atoms with Crippen molar-refractivity contribution in [1.82, 2.24) is 9.80 Å². The summed E-state index contributed by atoms with van der Waals surface area (Å²) in [7, 11) is 6.36. The Labute approximate surface area is 112 Å². The molecule has 3 heteroatoms. The van der Waals surface area contributed by atoms with Crippen LogP contribution in [-0.4, -0.2) is 50.6 Å². The predicted molar refractivity (Wildman–Crippen MR) is 78.9 cm³/mol. The van der Waals surface area contributed by atoms with Crippen molar-refractivity contribution in [3.63, 3.8) is 0 Å². The quantitative estimate of drug-likeness (QED) is 0.834. The summed E-state index contributed by atoms with van der Waals surface area (Å²) in [6.07, 6.45) is 0. The Kier molecular flexibility index (Phi) is 5.79. The summed E-state index contributed by atoms with van der Waals surface area (Å²) < 4.78 is 0. The molecule has 0 saturated heterocycles. The Morgan fingerprint density at radius 2 is 1.61 bits per heavy atom. The molecule has 3 nitrogen and oxygen atoms in total. The Hall–Kier alpha value is -0.900. The first kappa shape index (κ1) is 15.2. The van der Waals surface area contributed by atoms with Gasteiger partial charge in [-0.1, -0.05) is 18.2 Å². The fourth-order valence-corrected chi connectivity index (χ4v) is 2.38. The van der Waals surface area contributed by atoms with Gasteiger partial charge in [0.2, 0.25) is 0 Å². The van der Waals surface area contributed by atoms with Crippen molar-refractivity contribution in [3.8, 4) is 0 Å². The first-order valence-corrected chi connectivity index (χ1v) is 6.58. The van der Waals surface area contributed by atoms with Gasteiger partial charge in [-0.3, -0.25) is 4.90 Å². The van der Waals surface area contributed by atoms with E-state index in [9.17, 15) is 0 Å². The average Bonchev–Trinajstić information content (AvgIpc) is 2.31. The van der Waals surface area contributed by atoms with E-state index in [1.807, 2.05) is 0 Å². The highest BCUT2D eigenvalue weighted by Crippen LogP contribution is 2.25. The summed E-state index contributed by atoms with van der Waals surface area (Å²) >= 11 is 0. The molecule has 0 aromatic heterocycles. The molecule has 0 amide bonds. The summed E-state index contributed by atoms with van der Waals surface area (Å²) in [5, 5.41) is 0. The lowest BCUT2D eigenvalue weighted by molar-refractivity contribution is 0.221. The fraction of sp³-hybridized carbons (Fsp3) is 0.600. The van der Waals surface area contributed by atoms with Crippen LogP contribution in [0.1, 0.15) is 22.7 Å². The van der Waals surface area contributed by atoms with Crippen LogP contribution < -0.4 is 5.73 Å². The van der Waals surface area contributed by atoms with E-state index in [2.05, 4.69) is 63.0 Å². The zero-order valence-corrected chi connectivity index (χ0v) is 12.4. The molecular weight excluding hydrogens is 222 g/mol. The molecule has 2 N–H and O–H groups in total. The van der Waals surface area contributed by atoms with Crippen LogP contribution in [0.4, 0.5) is 0 Å². The normalized spacial score (nSPS) is 13.3. The van der Waals surface area contributed by atoms with Crippen molar-refractivity contribution < 1.29 is 0 Å². The maximum absolute atomic E-state index is 5.99. The predicted octanol–water partition coefficient (Wildman–Crippen LogP) is 1.80. The highest BCUT2D eigenvalue weighted by atomic mass is 15.2. The second kappa shape index (κ2) is 6.88. The van der Waals surface area contributed by atoms with E-state index in [1.165, 1.54) is 16.7 Å². The second-order valence-electron chi connectivity index (χ2n) is 5.34.